The Balaban J connectivity index is 1.98. The second-order valence-electron chi connectivity index (χ2n) is 4.35. The van der Waals surface area contributed by atoms with E-state index in [0.29, 0.717) is 5.56 Å². The SMILES string of the molecule is COc1c([O-])cccc1C=NNC(=O)C[n+]1cc[nH]c1C. The minimum Gasteiger partial charge on any atom is -0.870 e. The number of amides is 1. The fourth-order valence-corrected chi connectivity index (χ4v) is 1.83. The molecule has 2 N–H and O–H groups in total. The molecule has 0 aliphatic heterocycles. The van der Waals surface area contributed by atoms with Crippen molar-refractivity contribution in [3.63, 3.8) is 0 Å². The Hall–Kier alpha value is -2.83. The summed E-state index contributed by atoms with van der Waals surface area (Å²) in [5.74, 6) is 0.573. The maximum Gasteiger partial charge on any atom is 0.282 e. The minimum atomic E-state index is -0.267. The smallest absolute Gasteiger partial charge is 0.282 e. The molecule has 0 radical (unpaired) electrons. The molecule has 0 bridgehead atoms. The number of carbonyl (C=O) groups excluding carboxylic acids is 1. The summed E-state index contributed by atoms with van der Waals surface area (Å²) < 4.78 is 6.76. The van der Waals surface area contributed by atoms with Crippen molar-refractivity contribution in [2.45, 2.75) is 13.5 Å². The summed E-state index contributed by atoms with van der Waals surface area (Å²) in [4.78, 5) is 14.7. The lowest BCUT2D eigenvalue weighted by Crippen LogP contribution is -2.42. The standard InChI is InChI=1S/C14H16N4O3/c1-10-15-6-7-18(10)9-13(20)17-16-8-11-4-3-5-12(19)14(11)21-2/h3-8H,9H2,1-2H3,(H2,17,19,20). The van der Waals surface area contributed by atoms with Gasteiger partial charge in [0.25, 0.3) is 11.7 Å². The van der Waals surface area contributed by atoms with Gasteiger partial charge in [0.1, 0.15) is 18.1 Å². The van der Waals surface area contributed by atoms with Crippen molar-refractivity contribution in [1.82, 2.24) is 10.4 Å². The maximum atomic E-state index is 11.7. The molecular formula is C14H16N4O3. The van der Waals surface area contributed by atoms with Crippen molar-refractivity contribution < 1.29 is 19.2 Å². The number of hydrazone groups is 1. The summed E-state index contributed by atoms with van der Waals surface area (Å²) >= 11 is 0. The molecule has 0 aliphatic carbocycles. The molecule has 2 rings (SSSR count). The molecule has 0 saturated heterocycles. The summed E-state index contributed by atoms with van der Waals surface area (Å²) in [5.41, 5.74) is 2.92. The Bertz CT molecular complexity index is 664. The van der Waals surface area contributed by atoms with Crippen LogP contribution in [0.5, 0.6) is 11.5 Å². The van der Waals surface area contributed by atoms with Crippen LogP contribution >= 0.6 is 0 Å². The van der Waals surface area contributed by atoms with Crippen LogP contribution < -0.4 is 19.8 Å². The van der Waals surface area contributed by atoms with Crippen LogP contribution in [-0.4, -0.2) is 24.2 Å². The number of aryl methyl sites for hydroxylation is 1. The summed E-state index contributed by atoms with van der Waals surface area (Å²) in [7, 11) is 1.41. The van der Waals surface area contributed by atoms with Crippen molar-refractivity contribution in [2.24, 2.45) is 5.10 Å². The summed E-state index contributed by atoms with van der Waals surface area (Å²) in [6, 6.07) is 4.69. The van der Waals surface area contributed by atoms with Crippen LogP contribution in [0.4, 0.5) is 0 Å². The molecule has 21 heavy (non-hydrogen) atoms. The monoisotopic (exact) mass is 288 g/mol. The molecule has 7 nitrogen and oxygen atoms in total. The molecule has 1 aromatic heterocycles. The van der Waals surface area contributed by atoms with Gasteiger partial charge in [-0.15, -0.1) is 0 Å². The van der Waals surface area contributed by atoms with E-state index in [1.54, 1.807) is 29.1 Å². The largest absolute Gasteiger partial charge is 0.870 e. The second-order valence-corrected chi connectivity index (χ2v) is 4.35. The Kier molecular flexibility index (Phi) is 4.55. The number of hydrogen-bond donors (Lipinski definition) is 2. The number of para-hydroxylation sites is 1. The van der Waals surface area contributed by atoms with Crippen molar-refractivity contribution in [1.29, 1.82) is 0 Å². The van der Waals surface area contributed by atoms with Crippen LogP contribution in [-0.2, 0) is 11.3 Å². The van der Waals surface area contributed by atoms with Crippen molar-refractivity contribution >= 4 is 12.1 Å². The van der Waals surface area contributed by atoms with Gasteiger partial charge in [0, 0.05) is 12.5 Å². The highest BCUT2D eigenvalue weighted by atomic mass is 16.5. The molecule has 1 heterocycles. The number of imidazole rings is 1. The number of benzene rings is 1. The number of H-pyrrole nitrogens is 1. The molecule has 7 heteroatoms. The highest BCUT2D eigenvalue weighted by molar-refractivity contribution is 5.86. The van der Waals surface area contributed by atoms with Gasteiger partial charge in [-0.25, -0.2) is 15.0 Å². The predicted molar refractivity (Wildman–Crippen MR) is 73.9 cm³/mol. The van der Waals surface area contributed by atoms with E-state index in [2.05, 4.69) is 15.5 Å². The quantitative estimate of drug-likeness (QED) is 0.455. The lowest BCUT2D eigenvalue weighted by Gasteiger charge is -2.13. The molecule has 2 aromatic rings. The van der Waals surface area contributed by atoms with E-state index in [-0.39, 0.29) is 24.0 Å². The third kappa shape index (κ3) is 3.59. The maximum absolute atomic E-state index is 11.7. The molecule has 110 valence electrons. The minimum absolute atomic E-state index is 0.158. The summed E-state index contributed by atoms with van der Waals surface area (Å²) in [6.45, 7) is 2.02. The highest BCUT2D eigenvalue weighted by Crippen LogP contribution is 2.25. The van der Waals surface area contributed by atoms with Gasteiger partial charge >= 0.3 is 0 Å². The number of nitrogens with one attached hydrogen (secondary N) is 2. The first-order valence-corrected chi connectivity index (χ1v) is 6.31. The number of aromatic amines is 1. The number of nitrogens with zero attached hydrogens (tertiary/aromatic N) is 2. The Morgan fingerprint density at radius 2 is 2.38 bits per heavy atom. The van der Waals surface area contributed by atoms with E-state index >= 15 is 0 Å². The number of methoxy groups -OCH3 is 1. The Morgan fingerprint density at radius 3 is 3.05 bits per heavy atom. The molecule has 0 spiro atoms. The van der Waals surface area contributed by atoms with E-state index in [1.165, 1.54) is 19.4 Å². The molecule has 1 amide bonds. The zero-order valence-electron chi connectivity index (χ0n) is 11.8. The number of carbonyl (C=O) groups is 1. The molecule has 1 aromatic carbocycles. The second kappa shape index (κ2) is 6.56. The van der Waals surface area contributed by atoms with Gasteiger partial charge in [0.2, 0.25) is 0 Å². The van der Waals surface area contributed by atoms with Crippen molar-refractivity contribution in [3.05, 3.63) is 42.0 Å². The lowest BCUT2D eigenvalue weighted by molar-refractivity contribution is -0.689. The molecule has 0 aliphatic rings. The van der Waals surface area contributed by atoms with Gasteiger partial charge in [0.15, 0.2) is 6.54 Å². The topological polar surface area (TPSA) is 93.4 Å². The average molecular weight is 288 g/mol. The number of rotatable bonds is 5. The van der Waals surface area contributed by atoms with Crippen LogP contribution in [0.3, 0.4) is 0 Å². The zero-order valence-corrected chi connectivity index (χ0v) is 11.8. The van der Waals surface area contributed by atoms with E-state index in [9.17, 15) is 9.90 Å². The van der Waals surface area contributed by atoms with E-state index in [1.807, 2.05) is 6.92 Å². The van der Waals surface area contributed by atoms with Crippen LogP contribution in [0.1, 0.15) is 11.4 Å². The van der Waals surface area contributed by atoms with E-state index < -0.39 is 0 Å². The predicted octanol–water partition coefficient (Wildman–Crippen LogP) is -0.157. The van der Waals surface area contributed by atoms with Crippen molar-refractivity contribution in [2.75, 3.05) is 7.11 Å². The van der Waals surface area contributed by atoms with Crippen LogP contribution in [0.2, 0.25) is 0 Å². The summed E-state index contributed by atoms with van der Waals surface area (Å²) in [6.07, 6.45) is 4.89. The van der Waals surface area contributed by atoms with Gasteiger partial charge in [0.05, 0.1) is 13.3 Å². The van der Waals surface area contributed by atoms with Crippen LogP contribution in [0, 0.1) is 6.92 Å². The van der Waals surface area contributed by atoms with Gasteiger partial charge < -0.3 is 9.84 Å². The van der Waals surface area contributed by atoms with Gasteiger partial charge in [-0.05, 0) is 6.07 Å². The zero-order chi connectivity index (χ0) is 15.2. The molecule has 0 unspecified atom stereocenters. The first kappa shape index (κ1) is 14.6. The fourth-order valence-electron chi connectivity index (χ4n) is 1.83. The Morgan fingerprint density at radius 1 is 1.57 bits per heavy atom. The highest BCUT2D eigenvalue weighted by Gasteiger charge is 2.09. The number of ether oxygens (including phenoxy) is 1. The first-order valence-electron chi connectivity index (χ1n) is 6.31. The average Bonchev–Trinajstić information content (AvgIpc) is 2.84. The molecule has 0 atom stereocenters. The van der Waals surface area contributed by atoms with Gasteiger partial charge in [-0.3, -0.25) is 4.79 Å². The number of hydrogen-bond acceptors (Lipinski definition) is 4. The van der Waals surface area contributed by atoms with E-state index in [4.69, 9.17) is 4.74 Å². The molecule has 0 saturated carbocycles. The van der Waals surface area contributed by atoms with Gasteiger partial charge in [-0.1, -0.05) is 17.9 Å². The fraction of sp³-hybridized carbons (Fsp3) is 0.214. The van der Waals surface area contributed by atoms with Crippen molar-refractivity contribution in [3.8, 4) is 11.5 Å². The lowest BCUT2D eigenvalue weighted by atomic mass is 10.2. The first-order chi connectivity index (χ1) is 10.1. The number of aromatic nitrogens is 2. The van der Waals surface area contributed by atoms with Crippen LogP contribution in [0.15, 0.2) is 35.7 Å². The van der Waals surface area contributed by atoms with E-state index in [0.717, 1.165) is 5.82 Å². The van der Waals surface area contributed by atoms with Gasteiger partial charge in [-0.2, -0.15) is 5.10 Å². The normalized spacial score (nSPS) is 10.8. The van der Waals surface area contributed by atoms with Crippen LogP contribution in [0.25, 0.3) is 0 Å². The molecular weight excluding hydrogens is 272 g/mol. The summed E-state index contributed by atoms with van der Waals surface area (Å²) in [5, 5.41) is 15.4. The third-order valence-electron chi connectivity index (χ3n) is 2.90. The third-order valence-corrected chi connectivity index (χ3v) is 2.90. The Labute approximate surface area is 121 Å². The molecule has 0 fully saturated rings.